The molecule has 29 heavy (non-hydrogen) atoms. The Balaban J connectivity index is 1.77. The number of esters is 1. The van der Waals surface area contributed by atoms with Gasteiger partial charge in [-0.05, 0) is 24.6 Å². The summed E-state index contributed by atoms with van der Waals surface area (Å²) in [5.74, 6) is -0.247. The van der Waals surface area contributed by atoms with Crippen LogP contribution in [0.2, 0.25) is 0 Å². The number of nitrogens with one attached hydrogen (secondary N) is 1. The minimum atomic E-state index is -0.542. The summed E-state index contributed by atoms with van der Waals surface area (Å²) in [5.41, 5.74) is 2.15. The standard InChI is InChI=1S/C23H21NO5/c1-15(25)16-8-10-18(11-9-16)20-12-13-21(29-20)23(27)24-19(14-22(26)28-2)17-6-4-3-5-7-17/h3-13,19H,14H2,1-2H3,(H,24,27). The second kappa shape index (κ2) is 9.01. The molecule has 1 atom stereocenters. The summed E-state index contributed by atoms with van der Waals surface area (Å²) in [5, 5.41) is 2.83. The van der Waals surface area contributed by atoms with Crippen molar-refractivity contribution in [1.82, 2.24) is 5.32 Å². The predicted molar refractivity (Wildman–Crippen MR) is 107 cm³/mol. The highest BCUT2D eigenvalue weighted by atomic mass is 16.5. The quantitative estimate of drug-likeness (QED) is 0.482. The van der Waals surface area contributed by atoms with Gasteiger partial charge in [-0.1, -0.05) is 54.6 Å². The van der Waals surface area contributed by atoms with Gasteiger partial charge >= 0.3 is 5.97 Å². The molecule has 0 aliphatic heterocycles. The molecule has 3 aromatic rings. The monoisotopic (exact) mass is 391 g/mol. The second-order valence-corrected chi connectivity index (χ2v) is 6.51. The number of Topliss-reactive ketones (excluding diaryl/α,β-unsaturated/α-hetero) is 1. The molecular weight excluding hydrogens is 370 g/mol. The van der Waals surface area contributed by atoms with Gasteiger partial charge in [0.05, 0.1) is 19.6 Å². The van der Waals surface area contributed by atoms with Crippen LogP contribution in [0.5, 0.6) is 0 Å². The van der Waals surface area contributed by atoms with Gasteiger partial charge in [0.15, 0.2) is 11.5 Å². The fraction of sp³-hybridized carbons (Fsp3) is 0.174. The molecular formula is C23H21NO5. The molecule has 1 amide bonds. The van der Waals surface area contributed by atoms with Crippen molar-refractivity contribution in [3.8, 4) is 11.3 Å². The van der Waals surface area contributed by atoms with Gasteiger partial charge in [-0.25, -0.2) is 0 Å². The van der Waals surface area contributed by atoms with Gasteiger partial charge in [-0.3, -0.25) is 14.4 Å². The maximum absolute atomic E-state index is 12.7. The summed E-state index contributed by atoms with van der Waals surface area (Å²) >= 11 is 0. The van der Waals surface area contributed by atoms with Crippen molar-refractivity contribution in [2.75, 3.05) is 7.11 Å². The van der Waals surface area contributed by atoms with Gasteiger partial charge in [0.1, 0.15) is 5.76 Å². The lowest BCUT2D eigenvalue weighted by molar-refractivity contribution is -0.141. The molecule has 1 heterocycles. The molecule has 3 rings (SSSR count). The van der Waals surface area contributed by atoms with Crippen LogP contribution in [0.3, 0.4) is 0 Å². The smallest absolute Gasteiger partial charge is 0.307 e. The lowest BCUT2D eigenvalue weighted by atomic mass is 10.0. The molecule has 148 valence electrons. The van der Waals surface area contributed by atoms with Crippen molar-refractivity contribution in [2.45, 2.75) is 19.4 Å². The third-order valence-corrected chi connectivity index (χ3v) is 4.51. The Morgan fingerprint density at radius 2 is 1.66 bits per heavy atom. The van der Waals surface area contributed by atoms with Crippen LogP contribution < -0.4 is 5.32 Å². The number of hydrogen-bond acceptors (Lipinski definition) is 5. The Kier molecular flexibility index (Phi) is 6.24. The van der Waals surface area contributed by atoms with Crippen LogP contribution in [0, 0.1) is 0 Å². The first-order valence-electron chi connectivity index (χ1n) is 9.11. The number of benzene rings is 2. The van der Waals surface area contributed by atoms with E-state index in [1.807, 2.05) is 30.3 Å². The molecule has 0 aliphatic rings. The minimum Gasteiger partial charge on any atom is -0.469 e. The highest BCUT2D eigenvalue weighted by Gasteiger charge is 2.21. The van der Waals surface area contributed by atoms with Crippen LogP contribution in [0.15, 0.2) is 71.1 Å². The van der Waals surface area contributed by atoms with E-state index in [1.54, 1.807) is 36.4 Å². The first kappa shape index (κ1) is 20.1. The molecule has 1 unspecified atom stereocenters. The number of furan rings is 1. The first-order valence-corrected chi connectivity index (χ1v) is 9.11. The molecule has 1 aromatic heterocycles. The van der Waals surface area contributed by atoms with Gasteiger partial charge in [0.25, 0.3) is 5.91 Å². The molecule has 0 saturated carbocycles. The van der Waals surface area contributed by atoms with Crippen LogP contribution in [-0.4, -0.2) is 24.8 Å². The lowest BCUT2D eigenvalue weighted by Crippen LogP contribution is -2.30. The molecule has 1 N–H and O–H groups in total. The van der Waals surface area contributed by atoms with E-state index in [0.29, 0.717) is 11.3 Å². The number of amides is 1. The Morgan fingerprint density at radius 3 is 2.28 bits per heavy atom. The molecule has 6 heteroatoms. The number of carbonyl (C=O) groups excluding carboxylic acids is 3. The Morgan fingerprint density at radius 1 is 0.966 bits per heavy atom. The fourth-order valence-electron chi connectivity index (χ4n) is 2.90. The van der Waals surface area contributed by atoms with Crippen molar-refractivity contribution in [1.29, 1.82) is 0 Å². The SMILES string of the molecule is COC(=O)CC(NC(=O)c1ccc(-c2ccc(C(C)=O)cc2)o1)c1ccccc1. The van der Waals surface area contributed by atoms with E-state index in [1.165, 1.54) is 14.0 Å². The molecule has 0 aliphatic carbocycles. The van der Waals surface area contributed by atoms with E-state index in [0.717, 1.165) is 11.1 Å². The molecule has 0 saturated heterocycles. The van der Waals surface area contributed by atoms with Gasteiger partial charge in [0.2, 0.25) is 0 Å². The molecule has 0 radical (unpaired) electrons. The zero-order valence-corrected chi connectivity index (χ0v) is 16.2. The van der Waals surface area contributed by atoms with Gasteiger partial charge in [-0.2, -0.15) is 0 Å². The topological polar surface area (TPSA) is 85.6 Å². The average molecular weight is 391 g/mol. The van der Waals surface area contributed by atoms with Crippen molar-refractivity contribution < 1.29 is 23.5 Å². The Labute approximate surface area is 168 Å². The lowest BCUT2D eigenvalue weighted by Gasteiger charge is -2.17. The number of ether oxygens (including phenoxy) is 1. The summed E-state index contributed by atoms with van der Waals surface area (Å²) in [7, 11) is 1.31. The van der Waals surface area contributed by atoms with E-state index in [9.17, 15) is 14.4 Å². The van der Waals surface area contributed by atoms with Crippen LogP contribution in [-0.2, 0) is 9.53 Å². The second-order valence-electron chi connectivity index (χ2n) is 6.51. The van der Waals surface area contributed by atoms with Crippen LogP contribution >= 0.6 is 0 Å². The van der Waals surface area contributed by atoms with Crippen LogP contribution in [0.25, 0.3) is 11.3 Å². The third kappa shape index (κ3) is 4.99. The van der Waals surface area contributed by atoms with E-state index in [2.05, 4.69) is 5.32 Å². The summed E-state index contributed by atoms with van der Waals surface area (Å²) in [6.07, 6.45) is 0.00628. The number of methoxy groups -OCH3 is 1. The zero-order chi connectivity index (χ0) is 20.8. The van der Waals surface area contributed by atoms with Gasteiger partial charge in [0, 0.05) is 11.1 Å². The van der Waals surface area contributed by atoms with E-state index in [4.69, 9.17) is 9.15 Å². The maximum atomic E-state index is 12.7. The first-order chi connectivity index (χ1) is 14.0. The maximum Gasteiger partial charge on any atom is 0.307 e. The van der Waals surface area contributed by atoms with E-state index >= 15 is 0 Å². The normalized spacial score (nSPS) is 11.5. The van der Waals surface area contributed by atoms with Crippen LogP contribution in [0.4, 0.5) is 0 Å². The Hall–Kier alpha value is -3.67. The molecule has 0 spiro atoms. The van der Waals surface area contributed by atoms with Crippen LogP contribution in [0.1, 0.15) is 45.9 Å². The van der Waals surface area contributed by atoms with Crippen molar-refractivity contribution in [3.05, 3.63) is 83.6 Å². The molecule has 0 bridgehead atoms. The minimum absolute atomic E-state index is 0.00628. The third-order valence-electron chi connectivity index (χ3n) is 4.51. The molecule has 6 nitrogen and oxygen atoms in total. The molecule has 0 fully saturated rings. The average Bonchev–Trinajstić information content (AvgIpc) is 3.24. The van der Waals surface area contributed by atoms with Gasteiger partial charge < -0.3 is 14.5 Å². The van der Waals surface area contributed by atoms with Crippen molar-refractivity contribution >= 4 is 17.7 Å². The highest BCUT2D eigenvalue weighted by Crippen LogP contribution is 2.24. The zero-order valence-electron chi connectivity index (χ0n) is 16.2. The Bertz CT molecular complexity index is 1010. The summed E-state index contributed by atoms with van der Waals surface area (Å²) in [4.78, 5) is 35.8. The van der Waals surface area contributed by atoms with E-state index < -0.39 is 17.9 Å². The summed E-state index contributed by atoms with van der Waals surface area (Å²) in [6.45, 7) is 1.50. The largest absolute Gasteiger partial charge is 0.469 e. The highest BCUT2D eigenvalue weighted by molar-refractivity contribution is 5.95. The number of rotatable bonds is 7. The van der Waals surface area contributed by atoms with Crippen molar-refractivity contribution in [2.24, 2.45) is 0 Å². The number of carbonyl (C=O) groups is 3. The summed E-state index contributed by atoms with van der Waals surface area (Å²) in [6, 6.07) is 18.9. The number of hydrogen-bond donors (Lipinski definition) is 1. The van der Waals surface area contributed by atoms with Crippen molar-refractivity contribution in [3.63, 3.8) is 0 Å². The summed E-state index contributed by atoms with van der Waals surface area (Å²) < 4.78 is 10.4. The fourth-order valence-corrected chi connectivity index (χ4v) is 2.90. The number of ketones is 1. The van der Waals surface area contributed by atoms with E-state index in [-0.39, 0.29) is 18.0 Å². The molecule has 2 aromatic carbocycles. The predicted octanol–water partition coefficient (Wildman–Crippen LogP) is 4.18. The van der Waals surface area contributed by atoms with Gasteiger partial charge in [-0.15, -0.1) is 0 Å².